The Balaban J connectivity index is 1.71. The van der Waals surface area contributed by atoms with Crippen LogP contribution in [0.3, 0.4) is 0 Å². The van der Waals surface area contributed by atoms with Crippen LogP contribution in [0.15, 0.2) is 30.3 Å². The molecule has 3 heterocycles. The zero-order valence-electron chi connectivity index (χ0n) is 12.8. The number of fused-ring (bicyclic) bond motifs is 4. The van der Waals surface area contributed by atoms with Crippen LogP contribution in [0.4, 0.5) is 0 Å². The Hall–Kier alpha value is -1.39. The van der Waals surface area contributed by atoms with Crippen LogP contribution in [0.25, 0.3) is 0 Å². The molecule has 3 aliphatic heterocycles. The third-order valence-electron chi connectivity index (χ3n) is 6.78. The van der Waals surface area contributed by atoms with E-state index in [1.54, 1.807) is 0 Å². The number of hydrazine groups is 1. The van der Waals surface area contributed by atoms with E-state index in [0.29, 0.717) is 23.7 Å². The van der Waals surface area contributed by atoms with Gasteiger partial charge < -0.3 is 4.74 Å². The van der Waals surface area contributed by atoms with Gasteiger partial charge in [-0.25, -0.2) is 15.6 Å². The highest BCUT2D eigenvalue weighted by atomic mass is 16.6. The topological polar surface area (TPSA) is 50.4 Å². The van der Waals surface area contributed by atoms with Crippen molar-refractivity contribution in [2.24, 2.45) is 23.7 Å². The maximum Gasteiger partial charge on any atom is 0.334 e. The second-order valence-electron chi connectivity index (χ2n) is 7.44. The van der Waals surface area contributed by atoms with Gasteiger partial charge in [-0.15, -0.1) is 0 Å². The minimum Gasteiger partial charge on any atom is -0.441 e. The van der Waals surface area contributed by atoms with Crippen LogP contribution in [-0.2, 0) is 15.1 Å². The molecule has 116 valence electrons. The third kappa shape index (κ3) is 1.30. The Morgan fingerprint density at radius 3 is 2.55 bits per heavy atom. The summed E-state index contributed by atoms with van der Waals surface area (Å²) in [5.74, 6) is 2.05. The van der Waals surface area contributed by atoms with Gasteiger partial charge in [0.1, 0.15) is 0 Å². The molecule has 5 fully saturated rings. The highest BCUT2D eigenvalue weighted by molar-refractivity contribution is 5.85. The lowest BCUT2D eigenvalue weighted by atomic mass is 9.59. The summed E-state index contributed by atoms with van der Waals surface area (Å²) < 4.78 is 6.03. The van der Waals surface area contributed by atoms with Gasteiger partial charge in [0.2, 0.25) is 0 Å². The molecular weight excluding hydrogens is 276 g/mol. The predicted molar refractivity (Wildman–Crippen MR) is 81.3 cm³/mol. The molecule has 5 aliphatic rings. The zero-order chi connectivity index (χ0) is 14.9. The first-order chi connectivity index (χ1) is 10.7. The first-order valence-electron chi connectivity index (χ1n) is 8.54. The highest BCUT2D eigenvalue weighted by Gasteiger charge is 2.73. The number of benzene rings is 1. The molecule has 4 nitrogen and oxygen atoms in total. The van der Waals surface area contributed by atoms with Crippen molar-refractivity contribution in [3.05, 3.63) is 35.9 Å². The van der Waals surface area contributed by atoms with E-state index in [4.69, 9.17) is 4.74 Å². The number of hydrogen-bond donors (Lipinski definition) is 2. The van der Waals surface area contributed by atoms with Gasteiger partial charge in [0.05, 0.1) is 0 Å². The summed E-state index contributed by atoms with van der Waals surface area (Å²) in [6, 6.07) is 10.1. The van der Waals surface area contributed by atoms with Gasteiger partial charge in [-0.05, 0) is 43.1 Å². The lowest BCUT2D eigenvalue weighted by molar-refractivity contribution is -0.251. The lowest BCUT2D eigenvalue weighted by Gasteiger charge is -2.62. The average Bonchev–Trinajstić information content (AvgIpc) is 3.19. The van der Waals surface area contributed by atoms with Crippen LogP contribution >= 0.6 is 0 Å². The molecule has 1 aromatic rings. The van der Waals surface area contributed by atoms with E-state index in [-0.39, 0.29) is 5.97 Å². The third-order valence-corrected chi connectivity index (χ3v) is 6.78. The molecule has 2 saturated carbocycles. The Morgan fingerprint density at radius 2 is 1.86 bits per heavy atom. The zero-order valence-corrected chi connectivity index (χ0v) is 12.8. The maximum absolute atomic E-state index is 13.0. The molecule has 0 radical (unpaired) electrons. The monoisotopic (exact) mass is 298 g/mol. The minimum atomic E-state index is -0.706. The largest absolute Gasteiger partial charge is 0.441 e. The molecule has 0 spiro atoms. The number of ether oxygens (including phenoxy) is 1. The molecule has 0 unspecified atom stereocenters. The first-order valence-corrected chi connectivity index (χ1v) is 8.54. The van der Waals surface area contributed by atoms with Crippen LogP contribution in [-0.4, -0.2) is 11.7 Å². The molecule has 22 heavy (non-hydrogen) atoms. The molecule has 1 aromatic carbocycles. The summed E-state index contributed by atoms with van der Waals surface area (Å²) in [7, 11) is 0. The molecule has 2 aliphatic carbocycles. The number of nitrogens with one attached hydrogen (secondary N) is 2. The van der Waals surface area contributed by atoms with Crippen molar-refractivity contribution in [2.75, 3.05) is 0 Å². The molecule has 2 N–H and O–H groups in total. The number of carbonyl (C=O) groups excluding carboxylic acids is 1. The van der Waals surface area contributed by atoms with Gasteiger partial charge in [0.25, 0.3) is 0 Å². The summed E-state index contributed by atoms with van der Waals surface area (Å²) in [5, 5.41) is 0. The first kappa shape index (κ1) is 13.1. The van der Waals surface area contributed by atoms with E-state index < -0.39 is 11.3 Å². The molecule has 6 atom stereocenters. The number of hydrogen-bond acceptors (Lipinski definition) is 4. The fourth-order valence-corrected chi connectivity index (χ4v) is 5.96. The summed E-state index contributed by atoms with van der Waals surface area (Å²) in [5.41, 5.74) is 6.67. The van der Waals surface area contributed by atoms with Crippen molar-refractivity contribution in [3.63, 3.8) is 0 Å². The van der Waals surface area contributed by atoms with Gasteiger partial charge in [-0.1, -0.05) is 37.3 Å². The molecule has 6 rings (SSSR count). The number of rotatable bonds is 2. The molecule has 3 saturated heterocycles. The van der Waals surface area contributed by atoms with Crippen molar-refractivity contribution in [1.82, 2.24) is 10.9 Å². The van der Waals surface area contributed by atoms with Crippen molar-refractivity contribution in [1.29, 1.82) is 0 Å². The van der Waals surface area contributed by atoms with Gasteiger partial charge in [-0.2, -0.15) is 0 Å². The van der Waals surface area contributed by atoms with Crippen LogP contribution in [0.5, 0.6) is 0 Å². The van der Waals surface area contributed by atoms with Crippen LogP contribution < -0.4 is 10.9 Å². The average molecular weight is 298 g/mol. The van der Waals surface area contributed by atoms with Crippen molar-refractivity contribution in [2.45, 2.75) is 43.9 Å². The fourth-order valence-electron chi connectivity index (χ4n) is 5.96. The highest BCUT2D eigenvalue weighted by Crippen LogP contribution is 2.65. The smallest absolute Gasteiger partial charge is 0.334 e. The standard InChI is InChI=1S/C18H22N2O2/c1-2-17-14-11-8-9-12(10-11)15(14)18(20-19-17,16(21)22-17)13-6-4-3-5-7-13/h3-7,11-12,14-15,19-20H,2,8-10H2,1H3/t11-,12+,14-,15+,17-,18+/m1/s1. The van der Waals surface area contributed by atoms with Crippen molar-refractivity contribution < 1.29 is 9.53 Å². The maximum atomic E-state index is 13.0. The van der Waals surface area contributed by atoms with Gasteiger partial charge in [0, 0.05) is 11.8 Å². The fraction of sp³-hybridized carbons (Fsp3) is 0.611. The summed E-state index contributed by atoms with van der Waals surface area (Å²) >= 11 is 0. The number of carbonyl (C=O) groups is 1. The molecule has 0 amide bonds. The normalized spacial score (nSPS) is 48.3. The van der Waals surface area contributed by atoms with Crippen molar-refractivity contribution in [3.8, 4) is 0 Å². The van der Waals surface area contributed by atoms with Crippen LogP contribution in [0.1, 0.15) is 38.2 Å². The Bertz CT molecular complexity index is 633. The SMILES string of the molecule is CC[C@@]12NN[C@](c3ccccc3)(C(=O)O1)[C@H]1[C@H]3CC[C@H](C3)[C@H]12. The van der Waals surface area contributed by atoms with E-state index in [0.717, 1.165) is 12.0 Å². The van der Waals surface area contributed by atoms with E-state index >= 15 is 0 Å². The summed E-state index contributed by atoms with van der Waals surface area (Å²) in [4.78, 5) is 13.0. The summed E-state index contributed by atoms with van der Waals surface area (Å²) in [6.45, 7) is 2.12. The Labute approximate surface area is 130 Å². The lowest BCUT2D eigenvalue weighted by Crippen LogP contribution is -2.82. The van der Waals surface area contributed by atoms with E-state index in [9.17, 15) is 4.79 Å². The molecular formula is C18H22N2O2. The molecule has 0 aromatic heterocycles. The van der Waals surface area contributed by atoms with E-state index in [2.05, 4.69) is 29.9 Å². The Morgan fingerprint density at radius 1 is 1.14 bits per heavy atom. The van der Waals surface area contributed by atoms with Gasteiger partial charge in [-0.3, -0.25) is 0 Å². The van der Waals surface area contributed by atoms with Crippen LogP contribution in [0.2, 0.25) is 0 Å². The molecule has 4 heteroatoms. The van der Waals surface area contributed by atoms with Crippen LogP contribution in [0, 0.1) is 23.7 Å². The number of esters is 1. The van der Waals surface area contributed by atoms with Gasteiger partial charge in [0.15, 0.2) is 11.3 Å². The van der Waals surface area contributed by atoms with Crippen molar-refractivity contribution >= 4 is 5.97 Å². The second-order valence-corrected chi connectivity index (χ2v) is 7.44. The molecule has 4 bridgehead atoms. The van der Waals surface area contributed by atoms with E-state index in [1.807, 2.05) is 18.2 Å². The Kier molecular flexibility index (Phi) is 2.45. The van der Waals surface area contributed by atoms with E-state index in [1.165, 1.54) is 19.3 Å². The predicted octanol–water partition coefficient (Wildman–Crippen LogP) is 2.32. The summed E-state index contributed by atoms with van der Waals surface area (Å²) in [6.07, 6.45) is 4.62. The quantitative estimate of drug-likeness (QED) is 0.823. The second kappa shape index (κ2) is 4.12. The minimum absolute atomic E-state index is 0.0897. The van der Waals surface area contributed by atoms with Gasteiger partial charge >= 0.3 is 5.97 Å².